The maximum atomic E-state index is 12.3. The van der Waals surface area contributed by atoms with Crippen LogP contribution in [0.25, 0.3) is 22.2 Å². The Morgan fingerprint density at radius 1 is 1.19 bits per heavy atom. The molecule has 0 aliphatic carbocycles. The minimum absolute atomic E-state index is 0.115. The van der Waals surface area contributed by atoms with Gasteiger partial charge in [-0.25, -0.2) is 9.78 Å². The summed E-state index contributed by atoms with van der Waals surface area (Å²) in [6.07, 6.45) is 6.04. The third-order valence-corrected chi connectivity index (χ3v) is 6.46. The van der Waals surface area contributed by atoms with E-state index >= 15 is 0 Å². The molecule has 31 heavy (non-hydrogen) atoms. The second-order valence-corrected chi connectivity index (χ2v) is 8.36. The van der Waals surface area contributed by atoms with E-state index in [-0.39, 0.29) is 18.0 Å². The van der Waals surface area contributed by atoms with E-state index < -0.39 is 0 Å². The highest BCUT2D eigenvalue weighted by Gasteiger charge is 2.31. The molecule has 0 bridgehead atoms. The first-order chi connectivity index (χ1) is 15.0. The monoisotopic (exact) mass is 422 g/mol. The number of aromatic amines is 1. The van der Waals surface area contributed by atoms with Crippen LogP contribution in [0.5, 0.6) is 0 Å². The number of carbonyl (C=O) groups is 2. The zero-order valence-corrected chi connectivity index (χ0v) is 17.7. The maximum Gasteiger partial charge on any atom is 0.409 e. The van der Waals surface area contributed by atoms with E-state index in [2.05, 4.69) is 15.1 Å². The van der Waals surface area contributed by atoms with Gasteiger partial charge >= 0.3 is 6.09 Å². The predicted octanol–water partition coefficient (Wildman–Crippen LogP) is 2.78. The van der Waals surface area contributed by atoms with Crippen LogP contribution in [0.2, 0.25) is 0 Å². The van der Waals surface area contributed by atoms with E-state index in [0.29, 0.717) is 19.0 Å². The number of fused-ring (bicyclic) bond motifs is 1. The van der Waals surface area contributed by atoms with Gasteiger partial charge in [0.15, 0.2) is 0 Å². The molecule has 2 saturated heterocycles. The summed E-state index contributed by atoms with van der Waals surface area (Å²) in [5.74, 6) is 1.36. The van der Waals surface area contributed by atoms with E-state index in [0.717, 1.165) is 53.8 Å². The highest BCUT2D eigenvalue weighted by molar-refractivity contribution is 5.85. The molecule has 1 unspecified atom stereocenters. The number of aromatic nitrogens is 4. The molecular formula is C22H26N6O3. The van der Waals surface area contributed by atoms with Crippen molar-refractivity contribution in [2.24, 2.45) is 0 Å². The van der Waals surface area contributed by atoms with Gasteiger partial charge in [-0.15, -0.1) is 0 Å². The molecule has 2 aliphatic heterocycles. The average Bonchev–Trinajstić information content (AvgIpc) is 3.52. The Hall–Kier alpha value is -3.36. The third kappa shape index (κ3) is 3.54. The van der Waals surface area contributed by atoms with Crippen LogP contribution in [-0.4, -0.2) is 75.3 Å². The van der Waals surface area contributed by atoms with Crippen molar-refractivity contribution in [1.82, 2.24) is 29.5 Å². The molecule has 1 aromatic carbocycles. The van der Waals surface area contributed by atoms with Crippen molar-refractivity contribution in [2.45, 2.75) is 31.2 Å². The van der Waals surface area contributed by atoms with Crippen LogP contribution in [0.3, 0.4) is 0 Å². The summed E-state index contributed by atoms with van der Waals surface area (Å²) in [6.45, 7) is 2.11. The molecule has 0 spiro atoms. The van der Waals surface area contributed by atoms with Crippen molar-refractivity contribution < 1.29 is 14.3 Å². The molecule has 0 radical (unpaired) electrons. The molecule has 5 rings (SSSR count). The second kappa shape index (κ2) is 7.72. The fourth-order valence-electron chi connectivity index (χ4n) is 4.57. The minimum atomic E-state index is -0.266. The Balaban J connectivity index is 1.33. The van der Waals surface area contributed by atoms with Gasteiger partial charge in [0.25, 0.3) is 0 Å². The Labute approximate surface area is 180 Å². The smallest absolute Gasteiger partial charge is 0.409 e. The van der Waals surface area contributed by atoms with Crippen LogP contribution < -0.4 is 0 Å². The van der Waals surface area contributed by atoms with E-state index in [1.54, 1.807) is 14.5 Å². The van der Waals surface area contributed by atoms with Gasteiger partial charge < -0.3 is 19.5 Å². The van der Waals surface area contributed by atoms with Gasteiger partial charge in [-0.2, -0.15) is 5.10 Å². The van der Waals surface area contributed by atoms with Crippen LogP contribution in [-0.2, 0) is 9.53 Å². The largest absolute Gasteiger partial charge is 0.453 e. The lowest BCUT2D eigenvalue weighted by molar-refractivity contribution is -0.129. The Kier molecular flexibility index (Phi) is 4.88. The molecule has 1 N–H and O–H groups in total. The van der Waals surface area contributed by atoms with Gasteiger partial charge in [-0.05, 0) is 25.3 Å². The van der Waals surface area contributed by atoms with Crippen molar-refractivity contribution in [3.8, 4) is 11.3 Å². The first-order valence-electron chi connectivity index (χ1n) is 10.7. The lowest BCUT2D eigenvalue weighted by Crippen LogP contribution is -2.37. The van der Waals surface area contributed by atoms with Gasteiger partial charge in [0, 0.05) is 49.7 Å². The molecule has 2 aliphatic rings. The number of imidazole rings is 1. The van der Waals surface area contributed by atoms with Crippen LogP contribution in [0.4, 0.5) is 4.79 Å². The summed E-state index contributed by atoms with van der Waals surface area (Å²) >= 11 is 0. The quantitative estimate of drug-likeness (QED) is 0.700. The van der Waals surface area contributed by atoms with Gasteiger partial charge in [-0.1, -0.05) is 12.1 Å². The van der Waals surface area contributed by atoms with Crippen molar-refractivity contribution in [3.63, 3.8) is 0 Å². The number of methoxy groups -OCH3 is 1. The Morgan fingerprint density at radius 2 is 2.00 bits per heavy atom. The number of amides is 2. The molecular weight excluding hydrogens is 396 g/mol. The molecule has 1 atom stereocenters. The summed E-state index contributed by atoms with van der Waals surface area (Å²) in [4.78, 5) is 35.5. The minimum Gasteiger partial charge on any atom is -0.453 e. The molecule has 9 heteroatoms. The fourth-order valence-corrected chi connectivity index (χ4v) is 4.57. The van der Waals surface area contributed by atoms with Crippen molar-refractivity contribution in [3.05, 3.63) is 36.4 Å². The summed E-state index contributed by atoms with van der Waals surface area (Å²) in [7, 11) is 3.25. The van der Waals surface area contributed by atoms with E-state index in [1.165, 1.54) is 7.11 Å². The summed E-state index contributed by atoms with van der Waals surface area (Å²) in [5.41, 5.74) is 2.82. The highest BCUT2D eigenvalue weighted by Crippen LogP contribution is 2.30. The Bertz CT molecular complexity index is 1130. The molecule has 162 valence electrons. The van der Waals surface area contributed by atoms with Crippen molar-refractivity contribution in [1.29, 1.82) is 0 Å². The summed E-state index contributed by atoms with van der Waals surface area (Å²) < 4.78 is 6.61. The number of hydrogen-bond donors (Lipinski definition) is 1. The lowest BCUT2D eigenvalue weighted by atomic mass is 9.96. The Morgan fingerprint density at radius 3 is 2.71 bits per heavy atom. The van der Waals surface area contributed by atoms with Gasteiger partial charge in [-0.3, -0.25) is 9.48 Å². The predicted molar refractivity (Wildman–Crippen MR) is 115 cm³/mol. The van der Waals surface area contributed by atoms with Gasteiger partial charge in [0.2, 0.25) is 5.91 Å². The zero-order chi connectivity index (χ0) is 21.5. The normalized spacial score (nSPS) is 20.1. The van der Waals surface area contributed by atoms with E-state index in [9.17, 15) is 9.59 Å². The topological polar surface area (TPSA) is 96.3 Å². The number of ether oxygens (including phenoxy) is 1. The lowest BCUT2D eigenvalue weighted by Gasteiger charge is -2.29. The number of hydrogen-bond acceptors (Lipinski definition) is 5. The first-order valence-corrected chi connectivity index (χ1v) is 10.7. The standard InChI is InChI=1S/C22H26N6O3/c1-26-8-7-19(21(26)29)28-13-16-4-3-15(11-17(16)25-28)18-12-23-20(24-18)14-5-9-27(10-6-14)22(30)31-2/h3-4,11-14,19H,5-10H2,1-2H3,(H,23,24). The molecule has 3 aromatic rings. The average molecular weight is 422 g/mol. The zero-order valence-electron chi connectivity index (χ0n) is 17.7. The van der Waals surface area contributed by atoms with E-state index in [4.69, 9.17) is 4.74 Å². The van der Waals surface area contributed by atoms with Crippen LogP contribution in [0.1, 0.15) is 37.0 Å². The molecule has 2 aromatic heterocycles. The molecule has 0 saturated carbocycles. The second-order valence-electron chi connectivity index (χ2n) is 8.36. The number of likely N-dealkylation sites (tertiary alicyclic amines) is 2. The van der Waals surface area contributed by atoms with Crippen LogP contribution in [0, 0.1) is 0 Å². The number of piperidine rings is 1. The summed E-state index contributed by atoms with van der Waals surface area (Å²) in [5, 5.41) is 5.70. The number of likely N-dealkylation sites (N-methyl/N-ethyl adjacent to an activating group) is 1. The number of rotatable bonds is 3. The SMILES string of the molecule is COC(=O)N1CCC(c2ncc(-c3ccc4cn(C5CCN(C)C5=O)nc4c3)[nH]2)CC1. The van der Waals surface area contributed by atoms with E-state index in [1.807, 2.05) is 37.6 Å². The summed E-state index contributed by atoms with van der Waals surface area (Å²) in [6, 6.07) is 5.91. The van der Waals surface area contributed by atoms with Gasteiger partial charge in [0.1, 0.15) is 11.9 Å². The number of nitrogens with one attached hydrogen (secondary N) is 1. The molecule has 2 amide bonds. The highest BCUT2D eigenvalue weighted by atomic mass is 16.5. The molecule has 4 heterocycles. The number of H-pyrrole nitrogens is 1. The van der Waals surface area contributed by atoms with Crippen molar-refractivity contribution in [2.75, 3.05) is 33.8 Å². The first kappa shape index (κ1) is 19.6. The van der Waals surface area contributed by atoms with Crippen LogP contribution in [0.15, 0.2) is 30.6 Å². The number of benzene rings is 1. The van der Waals surface area contributed by atoms with Gasteiger partial charge in [0.05, 0.1) is 24.5 Å². The van der Waals surface area contributed by atoms with Crippen molar-refractivity contribution >= 4 is 22.9 Å². The molecule has 2 fully saturated rings. The number of carbonyl (C=O) groups excluding carboxylic acids is 2. The maximum absolute atomic E-state index is 12.3. The molecule has 9 nitrogen and oxygen atoms in total. The van der Waals surface area contributed by atoms with Crippen LogP contribution >= 0.6 is 0 Å². The third-order valence-electron chi connectivity index (χ3n) is 6.46. The fraction of sp³-hybridized carbons (Fsp3) is 0.455. The number of nitrogens with zero attached hydrogens (tertiary/aromatic N) is 5.